The largest absolute Gasteiger partial charge is 0.352 e. The van der Waals surface area contributed by atoms with Crippen LogP contribution < -0.4 is 5.32 Å². The topological polar surface area (TPSA) is 42.0 Å². The van der Waals surface area contributed by atoms with Crippen molar-refractivity contribution in [3.05, 3.63) is 63.9 Å². The number of carbonyl (C=O) groups excluding carboxylic acids is 1. The van der Waals surface area contributed by atoms with E-state index in [0.29, 0.717) is 12.1 Å². The molecule has 19 heavy (non-hydrogen) atoms. The van der Waals surface area contributed by atoms with E-state index in [-0.39, 0.29) is 5.91 Å². The Labute approximate surface area is 121 Å². The van der Waals surface area contributed by atoms with E-state index in [4.69, 9.17) is 0 Å². The van der Waals surface area contributed by atoms with Crippen molar-refractivity contribution in [3.8, 4) is 0 Å². The van der Waals surface area contributed by atoms with Gasteiger partial charge in [0.05, 0.1) is 0 Å². The number of halogens is 1. The fourth-order valence-electron chi connectivity index (χ4n) is 1.69. The summed E-state index contributed by atoms with van der Waals surface area (Å²) in [5.74, 6) is -0.0587. The molecule has 1 aromatic carbocycles. The number of hydrogen-bond donors (Lipinski definition) is 1. The summed E-state index contributed by atoms with van der Waals surface area (Å²) in [6.07, 6.45) is 2.49. The number of benzene rings is 1. The van der Waals surface area contributed by atoms with E-state index >= 15 is 0 Å². The van der Waals surface area contributed by atoms with Gasteiger partial charge < -0.3 is 5.32 Å². The number of rotatable bonds is 4. The zero-order valence-electron chi connectivity index (χ0n) is 10.7. The molecule has 1 heterocycles. The molecule has 0 spiro atoms. The van der Waals surface area contributed by atoms with Gasteiger partial charge in [0.15, 0.2) is 0 Å². The number of amides is 1. The molecule has 0 unspecified atom stereocenters. The predicted molar refractivity (Wildman–Crippen MR) is 79.2 cm³/mol. The number of carbonyl (C=O) groups is 1. The van der Waals surface area contributed by atoms with Gasteiger partial charge in [0.25, 0.3) is 5.91 Å². The number of hydrogen-bond acceptors (Lipinski definition) is 2. The lowest BCUT2D eigenvalue weighted by Crippen LogP contribution is -2.25. The maximum Gasteiger partial charge on any atom is 0.251 e. The molecule has 0 saturated heterocycles. The molecule has 1 N–H and O–H groups in total. The van der Waals surface area contributed by atoms with E-state index in [1.165, 1.54) is 0 Å². The van der Waals surface area contributed by atoms with Gasteiger partial charge in [-0.3, -0.25) is 9.78 Å². The lowest BCUT2D eigenvalue weighted by atomic mass is 10.1. The van der Waals surface area contributed by atoms with Gasteiger partial charge in [0.1, 0.15) is 0 Å². The minimum Gasteiger partial charge on any atom is -0.352 e. The van der Waals surface area contributed by atoms with Gasteiger partial charge in [0, 0.05) is 34.9 Å². The minimum absolute atomic E-state index is 0.0587. The number of aryl methyl sites for hydroxylation is 1. The molecule has 0 bridgehead atoms. The smallest absolute Gasteiger partial charge is 0.251 e. The quantitative estimate of drug-likeness (QED) is 0.941. The highest BCUT2D eigenvalue weighted by atomic mass is 79.9. The summed E-state index contributed by atoms with van der Waals surface area (Å²) in [7, 11) is 0. The summed E-state index contributed by atoms with van der Waals surface area (Å²) in [5, 5.41) is 2.89. The van der Waals surface area contributed by atoms with E-state index < -0.39 is 0 Å². The summed E-state index contributed by atoms with van der Waals surface area (Å²) >= 11 is 3.43. The standard InChI is InChI=1S/C15H15BrN2O/c1-11-5-6-12(10-14(11)16)15(19)18-9-7-13-4-2-3-8-17-13/h2-6,8,10H,7,9H2,1H3,(H,18,19). The number of nitrogens with zero attached hydrogens (tertiary/aromatic N) is 1. The zero-order valence-corrected chi connectivity index (χ0v) is 12.3. The van der Waals surface area contributed by atoms with Gasteiger partial charge in [-0.25, -0.2) is 0 Å². The summed E-state index contributed by atoms with van der Waals surface area (Å²) in [6.45, 7) is 2.58. The first-order chi connectivity index (χ1) is 9.16. The van der Waals surface area contributed by atoms with Crippen LogP contribution in [0.15, 0.2) is 47.1 Å². The fourth-order valence-corrected chi connectivity index (χ4v) is 2.07. The van der Waals surface area contributed by atoms with Crippen LogP contribution in [-0.2, 0) is 6.42 Å². The Bertz CT molecular complexity index is 570. The van der Waals surface area contributed by atoms with Gasteiger partial charge >= 0.3 is 0 Å². The highest BCUT2D eigenvalue weighted by Gasteiger charge is 2.06. The maximum atomic E-state index is 11.9. The molecule has 3 nitrogen and oxygen atoms in total. The van der Waals surface area contributed by atoms with E-state index in [1.807, 2.05) is 43.3 Å². The summed E-state index contributed by atoms with van der Waals surface area (Å²) in [6, 6.07) is 11.4. The third kappa shape index (κ3) is 3.89. The van der Waals surface area contributed by atoms with Crippen molar-refractivity contribution in [1.29, 1.82) is 0 Å². The Morgan fingerprint density at radius 2 is 2.16 bits per heavy atom. The number of pyridine rings is 1. The molecule has 0 aliphatic carbocycles. The van der Waals surface area contributed by atoms with Gasteiger partial charge in [-0.1, -0.05) is 28.1 Å². The third-order valence-electron chi connectivity index (χ3n) is 2.83. The maximum absolute atomic E-state index is 11.9. The van der Waals surface area contributed by atoms with Gasteiger partial charge in [0.2, 0.25) is 0 Å². The third-order valence-corrected chi connectivity index (χ3v) is 3.68. The lowest BCUT2D eigenvalue weighted by molar-refractivity contribution is 0.0954. The molecule has 1 aromatic heterocycles. The Hall–Kier alpha value is -1.68. The fraction of sp³-hybridized carbons (Fsp3) is 0.200. The highest BCUT2D eigenvalue weighted by Crippen LogP contribution is 2.17. The SMILES string of the molecule is Cc1ccc(C(=O)NCCc2ccccn2)cc1Br. The Balaban J connectivity index is 1.89. The second-order valence-electron chi connectivity index (χ2n) is 4.29. The molecule has 0 aliphatic heterocycles. The molecule has 2 rings (SSSR count). The van der Waals surface area contributed by atoms with Crippen LogP contribution in [0.25, 0.3) is 0 Å². The first-order valence-corrected chi connectivity index (χ1v) is 6.90. The minimum atomic E-state index is -0.0587. The zero-order chi connectivity index (χ0) is 13.7. The molecule has 0 radical (unpaired) electrons. The summed E-state index contributed by atoms with van der Waals surface area (Å²) in [4.78, 5) is 16.2. The van der Waals surface area contributed by atoms with Gasteiger partial charge in [-0.05, 0) is 36.8 Å². The normalized spacial score (nSPS) is 10.2. The van der Waals surface area contributed by atoms with E-state index in [0.717, 1.165) is 22.2 Å². The van der Waals surface area contributed by atoms with Crippen molar-refractivity contribution in [1.82, 2.24) is 10.3 Å². The highest BCUT2D eigenvalue weighted by molar-refractivity contribution is 9.10. The number of nitrogens with one attached hydrogen (secondary N) is 1. The van der Waals surface area contributed by atoms with Crippen LogP contribution in [0, 0.1) is 6.92 Å². The van der Waals surface area contributed by atoms with Gasteiger partial charge in [-0.2, -0.15) is 0 Å². The molecule has 1 amide bonds. The predicted octanol–water partition coefficient (Wildman–Crippen LogP) is 3.13. The van der Waals surface area contributed by atoms with E-state index in [1.54, 1.807) is 6.20 Å². The van der Waals surface area contributed by atoms with Crippen LogP contribution in [0.2, 0.25) is 0 Å². The van der Waals surface area contributed by atoms with Crippen LogP contribution in [0.4, 0.5) is 0 Å². The molecule has 98 valence electrons. The molecule has 0 atom stereocenters. The van der Waals surface area contributed by atoms with Crippen LogP contribution in [-0.4, -0.2) is 17.4 Å². The van der Waals surface area contributed by atoms with Crippen molar-refractivity contribution >= 4 is 21.8 Å². The van der Waals surface area contributed by atoms with E-state index in [2.05, 4.69) is 26.2 Å². The number of aromatic nitrogens is 1. The summed E-state index contributed by atoms with van der Waals surface area (Å²) in [5.41, 5.74) is 2.76. The molecule has 2 aromatic rings. The second-order valence-corrected chi connectivity index (χ2v) is 5.15. The van der Waals surface area contributed by atoms with Crippen molar-refractivity contribution < 1.29 is 4.79 Å². The van der Waals surface area contributed by atoms with Gasteiger partial charge in [-0.15, -0.1) is 0 Å². The molecule has 0 fully saturated rings. The van der Waals surface area contributed by atoms with E-state index in [9.17, 15) is 4.79 Å². The van der Waals surface area contributed by atoms with Crippen LogP contribution in [0.3, 0.4) is 0 Å². The first kappa shape index (κ1) is 13.7. The van der Waals surface area contributed by atoms with Crippen molar-refractivity contribution in [3.63, 3.8) is 0 Å². The Kier molecular flexibility index (Phi) is 4.68. The van der Waals surface area contributed by atoms with Crippen LogP contribution in [0.5, 0.6) is 0 Å². The van der Waals surface area contributed by atoms with Crippen LogP contribution >= 0.6 is 15.9 Å². The van der Waals surface area contributed by atoms with Crippen LogP contribution in [0.1, 0.15) is 21.6 Å². The molecular formula is C15H15BrN2O. The monoisotopic (exact) mass is 318 g/mol. The van der Waals surface area contributed by atoms with Crippen molar-refractivity contribution in [2.45, 2.75) is 13.3 Å². The lowest BCUT2D eigenvalue weighted by Gasteiger charge is -2.06. The van der Waals surface area contributed by atoms with Crippen molar-refractivity contribution in [2.24, 2.45) is 0 Å². The molecule has 0 saturated carbocycles. The summed E-state index contributed by atoms with van der Waals surface area (Å²) < 4.78 is 0.949. The molecular weight excluding hydrogens is 304 g/mol. The molecule has 0 aliphatic rings. The Morgan fingerprint density at radius 3 is 2.84 bits per heavy atom. The van der Waals surface area contributed by atoms with Crippen molar-refractivity contribution in [2.75, 3.05) is 6.54 Å². The average molecular weight is 319 g/mol. The first-order valence-electron chi connectivity index (χ1n) is 6.11. The average Bonchev–Trinajstić information content (AvgIpc) is 2.43. The second kappa shape index (κ2) is 6.48. The molecule has 4 heteroatoms. The Morgan fingerprint density at radius 1 is 1.32 bits per heavy atom.